The first-order chi connectivity index (χ1) is 5.74. The molecule has 0 saturated carbocycles. The lowest BCUT2D eigenvalue weighted by molar-refractivity contribution is 0.0867. The Morgan fingerprint density at radius 2 is 2.25 bits per heavy atom. The lowest BCUT2D eigenvalue weighted by atomic mass is 10.1. The molecule has 0 radical (unpaired) electrons. The zero-order valence-corrected chi connectivity index (χ0v) is 8.81. The summed E-state index contributed by atoms with van der Waals surface area (Å²) in [5.41, 5.74) is 5.26. The fourth-order valence-corrected chi connectivity index (χ4v) is 1.22. The van der Waals surface area contributed by atoms with Crippen molar-refractivity contribution < 1.29 is 4.84 Å². The summed E-state index contributed by atoms with van der Waals surface area (Å²) >= 11 is 3.45. The minimum atomic E-state index is 0.741. The fourth-order valence-electron chi connectivity index (χ4n) is 0.972. The molecule has 1 rings (SSSR count). The highest BCUT2D eigenvalue weighted by Crippen LogP contribution is 2.16. The average molecular weight is 230 g/mol. The number of rotatable bonds is 3. The van der Waals surface area contributed by atoms with Gasteiger partial charge in [-0.15, -0.1) is 0 Å². The predicted molar refractivity (Wildman–Crippen MR) is 52.7 cm³/mol. The third-order valence-electron chi connectivity index (χ3n) is 1.64. The molecule has 0 spiro atoms. The van der Waals surface area contributed by atoms with Gasteiger partial charge >= 0.3 is 0 Å². The first-order valence-corrected chi connectivity index (χ1v) is 4.54. The molecule has 0 aliphatic rings. The number of nitrogens with one attached hydrogen (secondary N) is 1. The van der Waals surface area contributed by atoms with Gasteiger partial charge < -0.3 is 4.84 Å². The van der Waals surface area contributed by atoms with Crippen molar-refractivity contribution in [2.24, 2.45) is 0 Å². The second kappa shape index (κ2) is 4.60. The van der Waals surface area contributed by atoms with Crippen LogP contribution in [0.4, 0.5) is 0 Å². The fraction of sp³-hybridized carbons (Fsp3) is 0.333. The molecule has 2 nitrogen and oxygen atoms in total. The molecule has 0 aliphatic heterocycles. The van der Waals surface area contributed by atoms with Gasteiger partial charge in [0, 0.05) is 11.0 Å². The van der Waals surface area contributed by atoms with Gasteiger partial charge in [-0.05, 0) is 24.1 Å². The summed E-state index contributed by atoms with van der Waals surface area (Å²) in [7, 11) is 1.62. The monoisotopic (exact) mass is 229 g/mol. The number of aryl methyl sites for hydroxylation is 1. The lowest BCUT2D eigenvalue weighted by Crippen LogP contribution is -2.10. The lowest BCUT2D eigenvalue weighted by Gasteiger charge is -2.04. The molecule has 66 valence electrons. The Morgan fingerprint density at radius 1 is 1.50 bits per heavy atom. The Bertz CT molecular complexity index is 263. The van der Waals surface area contributed by atoms with Crippen molar-refractivity contribution in [1.82, 2.24) is 5.48 Å². The van der Waals surface area contributed by atoms with Crippen LogP contribution in [0.25, 0.3) is 0 Å². The van der Waals surface area contributed by atoms with E-state index >= 15 is 0 Å². The molecule has 0 saturated heterocycles. The Balaban J connectivity index is 2.69. The van der Waals surface area contributed by atoms with Crippen molar-refractivity contribution >= 4 is 15.9 Å². The van der Waals surface area contributed by atoms with Crippen LogP contribution >= 0.6 is 15.9 Å². The van der Waals surface area contributed by atoms with Gasteiger partial charge in [-0.25, -0.2) is 0 Å². The van der Waals surface area contributed by atoms with Gasteiger partial charge in [0.25, 0.3) is 0 Å². The molecule has 3 heteroatoms. The van der Waals surface area contributed by atoms with Gasteiger partial charge in [0.1, 0.15) is 0 Å². The molecule has 1 N–H and O–H groups in total. The molecule has 0 aromatic heterocycles. The number of hydrogen-bond donors (Lipinski definition) is 1. The Morgan fingerprint density at radius 3 is 2.83 bits per heavy atom. The van der Waals surface area contributed by atoms with Crippen LogP contribution in [0.15, 0.2) is 22.7 Å². The maximum absolute atomic E-state index is 4.75. The normalized spacial score (nSPS) is 10.2. The van der Waals surface area contributed by atoms with Crippen LogP contribution in [0, 0.1) is 6.92 Å². The Labute approximate surface area is 81.0 Å². The van der Waals surface area contributed by atoms with Gasteiger partial charge in [-0.2, -0.15) is 5.48 Å². The van der Waals surface area contributed by atoms with E-state index in [0.717, 1.165) is 11.0 Å². The molecule has 1 aromatic carbocycles. The highest BCUT2D eigenvalue weighted by Gasteiger charge is 1.96. The molecule has 0 bridgehead atoms. The molecule has 0 atom stereocenters. The summed E-state index contributed by atoms with van der Waals surface area (Å²) in [6.07, 6.45) is 0. The van der Waals surface area contributed by atoms with E-state index in [1.54, 1.807) is 7.11 Å². The second-order valence-corrected chi connectivity index (χ2v) is 3.46. The van der Waals surface area contributed by atoms with E-state index < -0.39 is 0 Å². The highest BCUT2D eigenvalue weighted by atomic mass is 79.9. The topological polar surface area (TPSA) is 21.3 Å². The molecule has 12 heavy (non-hydrogen) atoms. The second-order valence-electron chi connectivity index (χ2n) is 2.61. The van der Waals surface area contributed by atoms with Crippen molar-refractivity contribution in [2.45, 2.75) is 13.5 Å². The first-order valence-electron chi connectivity index (χ1n) is 3.75. The third kappa shape index (κ3) is 2.59. The largest absolute Gasteiger partial charge is 0.305 e. The van der Waals surface area contributed by atoms with Crippen LogP contribution in [0.2, 0.25) is 0 Å². The summed E-state index contributed by atoms with van der Waals surface area (Å²) in [5.74, 6) is 0. The molecular weight excluding hydrogens is 218 g/mol. The molecule has 0 amide bonds. The van der Waals surface area contributed by atoms with Gasteiger partial charge in [-0.3, -0.25) is 0 Å². The van der Waals surface area contributed by atoms with Crippen LogP contribution < -0.4 is 5.48 Å². The minimum absolute atomic E-state index is 0.741. The van der Waals surface area contributed by atoms with Gasteiger partial charge in [-0.1, -0.05) is 28.1 Å². The number of hydroxylamine groups is 1. The summed E-state index contributed by atoms with van der Waals surface area (Å²) in [6.45, 7) is 2.81. The summed E-state index contributed by atoms with van der Waals surface area (Å²) in [4.78, 5) is 4.75. The molecule has 0 aliphatic carbocycles. The third-order valence-corrected chi connectivity index (χ3v) is 2.53. The number of benzene rings is 1. The predicted octanol–water partition coefficient (Wildman–Crippen LogP) is 2.41. The van der Waals surface area contributed by atoms with Crippen LogP contribution in [-0.4, -0.2) is 7.11 Å². The SMILES string of the molecule is CONCc1ccc(Br)c(C)c1. The van der Waals surface area contributed by atoms with Crippen LogP contribution in [0.3, 0.4) is 0 Å². The van der Waals surface area contributed by atoms with Crippen molar-refractivity contribution in [3.63, 3.8) is 0 Å². The summed E-state index contributed by atoms with van der Waals surface area (Å²) in [6, 6.07) is 6.22. The quantitative estimate of drug-likeness (QED) is 0.805. The standard InChI is InChI=1S/C9H12BrNO/c1-7-5-8(6-11-12-2)3-4-9(7)10/h3-5,11H,6H2,1-2H3. The van der Waals surface area contributed by atoms with Crippen molar-refractivity contribution in [1.29, 1.82) is 0 Å². The van der Waals surface area contributed by atoms with E-state index in [0.29, 0.717) is 0 Å². The van der Waals surface area contributed by atoms with E-state index in [2.05, 4.69) is 40.5 Å². The maximum Gasteiger partial charge on any atom is 0.0572 e. The van der Waals surface area contributed by atoms with E-state index in [9.17, 15) is 0 Å². The zero-order valence-electron chi connectivity index (χ0n) is 7.23. The molecule has 0 unspecified atom stereocenters. The van der Waals surface area contributed by atoms with Crippen LogP contribution in [-0.2, 0) is 11.4 Å². The number of halogens is 1. The van der Waals surface area contributed by atoms with Gasteiger partial charge in [0.15, 0.2) is 0 Å². The molecule has 0 fully saturated rings. The van der Waals surface area contributed by atoms with E-state index in [4.69, 9.17) is 4.84 Å². The van der Waals surface area contributed by atoms with Gasteiger partial charge in [0.2, 0.25) is 0 Å². The van der Waals surface area contributed by atoms with Crippen LogP contribution in [0.1, 0.15) is 11.1 Å². The average Bonchev–Trinajstić information content (AvgIpc) is 2.07. The highest BCUT2D eigenvalue weighted by molar-refractivity contribution is 9.10. The number of hydrogen-bond acceptors (Lipinski definition) is 2. The Hall–Kier alpha value is -0.380. The molecular formula is C9H12BrNO. The van der Waals surface area contributed by atoms with E-state index in [1.807, 2.05) is 6.07 Å². The molecule has 1 aromatic rings. The van der Waals surface area contributed by atoms with E-state index in [1.165, 1.54) is 11.1 Å². The van der Waals surface area contributed by atoms with Crippen molar-refractivity contribution in [3.8, 4) is 0 Å². The van der Waals surface area contributed by atoms with Crippen molar-refractivity contribution in [2.75, 3.05) is 7.11 Å². The summed E-state index contributed by atoms with van der Waals surface area (Å²) in [5, 5.41) is 0. The van der Waals surface area contributed by atoms with Crippen LogP contribution in [0.5, 0.6) is 0 Å². The zero-order chi connectivity index (χ0) is 8.97. The smallest absolute Gasteiger partial charge is 0.0572 e. The maximum atomic E-state index is 4.75. The van der Waals surface area contributed by atoms with E-state index in [-0.39, 0.29) is 0 Å². The Kier molecular flexibility index (Phi) is 3.72. The minimum Gasteiger partial charge on any atom is -0.305 e. The van der Waals surface area contributed by atoms with Crippen molar-refractivity contribution in [3.05, 3.63) is 33.8 Å². The van der Waals surface area contributed by atoms with Gasteiger partial charge in [0.05, 0.1) is 7.11 Å². The molecule has 0 heterocycles. The first kappa shape index (κ1) is 9.71. The summed E-state index contributed by atoms with van der Waals surface area (Å²) < 4.78 is 1.14.